The van der Waals surface area contributed by atoms with E-state index in [1.165, 1.54) is 0 Å². The van der Waals surface area contributed by atoms with E-state index in [2.05, 4.69) is 31.8 Å². The lowest BCUT2D eigenvalue weighted by molar-refractivity contribution is 0.412. The van der Waals surface area contributed by atoms with E-state index >= 15 is 0 Å². The zero-order valence-corrected chi connectivity index (χ0v) is 13.0. The summed E-state index contributed by atoms with van der Waals surface area (Å²) in [5, 5.41) is 7.69. The number of thiocarbonyl (C=S) groups is 1. The van der Waals surface area contributed by atoms with Gasteiger partial charge in [0.05, 0.1) is 17.3 Å². The van der Waals surface area contributed by atoms with Crippen LogP contribution in [0.2, 0.25) is 0 Å². The highest BCUT2D eigenvalue weighted by atomic mass is 79.9. The van der Waals surface area contributed by atoms with Gasteiger partial charge in [0.1, 0.15) is 5.75 Å². The van der Waals surface area contributed by atoms with Gasteiger partial charge in [0.2, 0.25) is 0 Å². The standard InChI is InChI=1S/C12H16BrN3OS/c1-4-14-12(18)16-15-8(2)9-5-6-11(17-3)10(13)7-9/h5-7H,4H2,1-3H3,(H2,14,16,18)/b15-8-. The molecule has 0 unspecified atom stereocenters. The molecule has 0 aromatic heterocycles. The molecule has 0 aliphatic carbocycles. The van der Waals surface area contributed by atoms with Crippen LogP contribution in [0.3, 0.4) is 0 Å². The average Bonchev–Trinajstić information content (AvgIpc) is 2.36. The second-order valence-electron chi connectivity index (χ2n) is 3.52. The van der Waals surface area contributed by atoms with Crippen molar-refractivity contribution in [3.63, 3.8) is 0 Å². The highest BCUT2D eigenvalue weighted by molar-refractivity contribution is 9.10. The smallest absolute Gasteiger partial charge is 0.186 e. The average molecular weight is 330 g/mol. The van der Waals surface area contributed by atoms with E-state index in [1.807, 2.05) is 32.0 Å². The third kappa shape index (κ3) is 4.27. The van der Waals surface area contributed by atoms with E-state index in [-0.39, 0.29) is 0 Å². The number of hydrogen-bond acceptors (Lipinski definition) is 3. The molecule has 0 bridgehead atoms. The maximum absolute atomic E-state index is 5.18. The largest absolute Gasteiger partial charge is 0.496 e. The monoisotopic (exact) mass is 329 g/mol. The van der Waals surface area contributed by atoms with Gasteiger partial charge in [-0.1, -0.05) is 0 Å². The number of nitrogens with zero attached hydrogens (tertiary/aromatic N) is 1. The first-order valence-corrected chi connectivity index (χ1v) is 6.70. The Balaban J connectivity index is 2.77. The minimum Gasteiger partial charge on any atom is -0.496 e. The summed E-state index contributed by atoms with van der Waals surface area (Å²) in [7, 11) is 1.64. The third-order valence-corrected chi connectivity index (χ3v) is 3.09. The molecule has 0 saturated heterocycles. The summed E-state index contributed by atoms with van der Waals surface area (Å²) >= 11 is 8.47. The van der Waals surface area contributed by atoms with Crippen LogP contribution in [0, 0.1) is 0 Å². The van der Waals surface area contributed by atoms with Crippen LogP contribution in [0.1, 0.15) is 19.4 Å². The molecule has 6 heteroatoms. The van der Waals surface area contributed by atoms with Crippen molar-refractivity contribution in [2.75, 3.05) is 13.7 Å². The summed E-state index contributed by atoms with van der Waals surface area (Å²) in [4.78, 5) is 0. The van der Waals surface area contributed by atoms with Crippen LogP contribution < -0.4 is 15.5 Å². The van der Waals surface area contributed by atoms with Gasteiger partial charge < -0.3 is 10.1 Å². The molecular formula is C12H16BrN3OS. The first-order chi connectivity index (χ1) is 8.58. The summed E-state index contributed by atoms with van der Waals surface area (Å²) in [5.74, 6) is 0.794. The molecule has 18 heavy (non-hydrogen) atoms. The first-order valence-electron chi connectivity index (χ1n) is 5.50. The van der Waals surface area contributed by atoms with Gasteiger partial charge in [-0.15, -0.1) is 0 Å². The number of halogens is 1. The Morgan fingerprint density at radius 3 is 2.78 bits per heavy atom. The lowest BCUT2D eigenvalue weighted by Gasteiger charge is -2.07. The Morgan fingerprint density at radius 1 is 1.50 bits per heavy atom. The zero-order chi connectivity index (χ0) is 13.5. The summed E-state index contributed by atoms with van der Waals surface area (Å²) in [6.45, 7) is 4.66. The second-order valence-corrected chi connectivity index (χ2v) is 4.78. The molecule has 0 saturated carbocycles. The molecule has 1 aromatic carbocycles. The van der Waals surface area contributed by atoms with Crippen molar-refractivity contribution in [2.24, 2.45) is 5.10 Å². The van der Waals surface area contributed by atoms with E-state index < -0.39 is 0 Å². The van der Waals surface area contributed by atoms with Crippen LogP contribution >= 0.6 is 28.1 Å². The SMILES string of the molecule is CCNC(=S)N/N=C(/C)c1ccc(OC)c(Br)c1. The van der Waals surface area contributed by atoms with Gasteiger partial charge in [0.15, 0.2) is 5.11 Å². The molecule has 0 spiro atoms. The quantitative estimate of drug-likeness (QED) is 0.506. The Morgan fingerprint density at radius 2 is 2.22 bits per heavy atom. The Kier molecular flexibility index (Phi) is 6.07. The minimum absolute atomic E-state index is 0.518. The van der Waals surface area contributed by atoms with Crippen molar-refractivity contribution in [2.45, 2.75) is 13.8 Å². The van der Waals surface area contributed by atoms with E-state index in [9.17, 15) is 0 Å². The molecule has 1 rings (SSSR count). The van der Waals surface area contributed by atoms with E-state index in [4.69, 9.17) is 17.0 Å². The van der Waals surface area contributed by atoms with E-state index in [1.54, 1.807) is 7.11 Å². The van der Waals surface area contributed by atoms with Gasteiger partial charge >= 0.3 is 0 Å². The van der Waals surface area contributed by atoms with E-state index in [0.29, 0.717) is 5.11 Å². The molecule has 1 aromatic rings. The lowest BCUT2D eigenvalue weighted by Crippen LogP contribution is -2.32. The fourth-order valence-corrected chi connectivity index (χ4v) is 2.02. The van der Waals surface area contributed by atoms with Gasteiger partial charge in [-0.25, -0.2) is 0 Å². The van der Waals surface area contributed by atoms with Crippen LogP contribution in [-0.4, -0.2) is 24.5 Å². The van der Waals surface area contributed by atoms with Crippen molar-refractivity contribution >= 4 is 39.0 Å². The molecule has 0 aliphatic rings. The zero-order valence-electron chi connectivity index (χ0n) is 10.6. The van der Waals surface area contributed by atoms with Crippen LogP contribution in [-0.2, 0) is 0 Å². The number of benzene rings is 1. The van der Waals surface area contributed by atoms with Gasteiger partial charge in [-0.2, -0.15) is 5.10 Å². The van der Waals surface area contributed by atoms with Crippen molar-refractivity contribution < 1.29 is 4.74 Å². The maximum atomic E-state index is 5.18. The van der Waals surface area contributed by atoms with Crippen LogP contribution in [0.4, 0.5) is 0 Å². The van der Waals surface area contributed by atoms with Crippen LogP contribution in [0.25, 0.3) is 0 Å². The number of hydrogen-bond donors (Lipinski definition) is 2. The Labute approximate surface area is 121 Å². The fraction of sp³-hybridized carbons (Fsp3) is 0.333. The number of rotatable bonds is 4. The van der Waals surface area contributed by atoms with Crippen LogP contribution in [0.15, 0.2) is 27.8 Å². The van der Waals surface area contributed by atoms with Crippen LogP contribution in [0.5, 0.6) is 5.75 Å². The molecule has 0 aliphatic heterocycles. The molecular weight excluding hydrogens is 314 g/mol. The Hall–Kier alpha value is -1.14. The molecule has 0 atom stereocenters. The maximum Gasteiger partial charge on any atom is 0.186 e. The highest BCUT2D eigenvalue weighted by Crippen LogP contribution is 2.25. The number of nitrogens with one attached hydrogen (secondary N) is 2. The van der Waals surface area contributed by atoms with E-state index in [0.717, 1.165) is 28.0 Å². The summed E-state index contributed by atoms with van der Waals surface area (Å²) in [5.41, 5.74) is 4.63. The normalized spacial score (nSPS) is 11.0. The van der Waals surface area contributed by atoms with Gasteiger partial charge in [0, 0.05) is 6.54 Å². The summed E-state index contributed by atoms with van der Waals surface area (Å²) in [6.07, 6.45) is 0. The summed E-state index contributed by atoms with van der Waals surface area (Å²) in [6, 6.07) is 5.79. The van der Waals surface area contributed by atoms with Crippen molar-refractivity contribution in [1.82, 2.24) is 10.7 Å². The van der Waals surface area contributed by atoms with Crippen molar-refractivity contribution in [1.29, 1.82) is 0 Å². The van der Waals surface area contributed by atoms with Gasteiger partial charge in [0.25, 0.3) is 0 Å². The molecule has 0 fully saturated rings. The topological polar surface area (TPSA) is 45.7 Å². The minimum atomic E-state index is 0.518. The second kappa shape index (κ2) is 7.33. The molecule has 0 amide bonds. The molecule has 2 N–H and O–H groups in total. The fourth-order valence-electron chi connectivity index (χ4n) is 1.29. The third-order valence-electron chi connectivity index (χ3n) is 2.23. The predicted molar refractivity (Wildman–Crippen MR) is 82.3 cm³/mol. The molecule has 98 valence electrons. The summed E-state index contributed by atoms with van der Waals surface area (Å²) < 4.78 is 6.07. The molecule has 0 radical (unpaired) electrons. The van der Waals surface area contributed by atoms with Gasteiger partial charge in [-0.3, -0.25) is 5.43 Å². The first kappa shape index (κ1) is 14.9. The number of hydrazone groups is 1. The van der Waals surface area contributed by atoms with Gasteiger partial charge in [-0.05, 0) is 65.8 Å². The molecule has 4 nitrogen and oxygen atoms in total. The van der Waals surface area contributed by atoms with Crippen molar-refractivity contribution in [3.8, 4) is 5.75 Å². The molecule has 0 heterocycles. The highest BCUT2D eigenvalue weighted by Gasteiger charge is 2.03. The number of ether oxygens (including phenoxy) is 1. The van der Waals surface area contributed by atoms with Crippen molar-refractivity contribution in [3.05, 3.63) is 28.2 Å². The lowest BCUT2D eigenvalue weighted by atomic mass is 10.1. The Bertz CT molecular complexity index is 463. The number of methoxy groups -OCH3 is 1. The predicted octanol–water partition coefficient (Wildman–Crippen LogP) is 2.67.